The second-order valence-corrected chi connectivity index (χ2v) is 3.07. The summed E-state index contributed by atoms with van der Waals surface area (Å²) in [5.41, 5.74) is 0. The molecule has 0 spiro atoms. The molecule has 0 saturated heterocycles. The van der Waals surface area contributed by atoms with Gasteiger partial charge in [0.15, 0.2) is 11.6 Å². The summed E-state index contributed by atoms with van der Waals surface area (Å²) in [5.74, 6) is 0.156. The van der Waals surface area contributed by atoms with Crippen molar-refractivity contribution in [3.63, 3.8) is 0 Å². The second-order valence-electron chi connectivity index (χ2n) is 3.07. The van der Waals surface area contributed by atoms with Gasteiger partial charge in [0.2, 0.25) is 0 Å². The van der Waals surface area contributed by atoms with E-state index in [9.17, 15) is 4.39 Å². The third-order valence-electron chi connectivity index (χ3n) is 2.08. The Hall–Kier alpha value is -1.98. The Morgan fingerprint density at radius 2 is 2.31 bits per heavy atom. The van der Waals surface area contributed by atoms with Crippen molar-refractivity contribution in [2.45, 2.75) is 20.1 Å². The van der Waals surface area contributed by atoms with Gasteiger partial charge in [0.1, 0.15) is 12.9 Å². The van der Waals surface area contributed by atoms with E-state index in [1.807, 2.05) is 6.92 Å². The molecule has 2 aromatic heterocycles. The fourth-order valence-electron chi connectivity index (χ4n) is 1.29. The molecule has 0 aromatic carbocycles. The average molecular weight is 222 g/mol. The lowest BCUT2D eigenvalue weighted by Crippen LogP contribution is -2.08. The fraction of sp³-hybridized carbons (Fsp3) is 0.300. The Kier molecular flexibility index (Phi) is 3.09. The Morgan fingerprint density at radius 1 is 1.44 bits per heavy atom. The van der Waals surface area contributed by atoms with E-state index in [0.717, 1.165) is 0 Å². The van der Waals surface area contributed by atoms with Crippen molar-refractivity contribution in [3.05, 3.63) is 36.4 Å². The monoisotopic (exact) mass is 222 g/mol. The van der Waals surface area contributed by atoms with Gasteiger partial charge < -0.3 is 4.74 Å². The molecular weight excluding hydrogens is 211 g/mol. The maximum atomic E-state index is 13.1. The van der Waals surface area contributed by atoms with Crippen molar-refractivity contribution in [3.8, 4) is 5.75 Å². The first-order valence-corrected chi connectivity index (χ1v) is 4.91. The summed E-state index contributed by atoms with van der Waals surface area (Å²) < 4.78 is 20.1. The van der Waals surface area contributed by atoms with E-state index in [0.29, 0.717) is 12.4 Å². The molecule has 0 aliphatic rings. The first-order chi connectivity index (χ1) is 7.81. The van der Waals surface area contributed by atoms with E-state index in [-0.39, 0.29) is 12.4 Å². The molecule has 84 valence electrons. The SMILES string of the molecule is CCn1ncnc1COc1cccnc1F. The van der Waals surface area contributed by atoms with E-state index in [1.165, 1.54) is 18.6 Å². The molecule has 0 bridgehead atoms. The number of aryl methyl sites for hydroxylation is 1. The predicted octanol–water partition coefficient (Wildman–Crippen LogP) is 1.41. The van der Waals surface area contributed by atoms with Crippen LogP contribution in [-0.4, -0.2) is 19.7 Å². The number of ether oxygens (including phenoxy) is 1. The van der Waals surface area contributed by atoms with Crippen LogP contribution in [0.4, 0.5) is 4.39 Å². The van der Waals surface area contributed by atoms with Gasteiger partial charge >= 0.3 is 0 Å². The van der Waals surface area contributed by atoms with Crippen LogP contribution in [0.25, 0.3) is 0 Å². The zero-order chi connectivity index (χ0) is 11.4. The molecule has 16 heavy (non-hydrogen) atoms. The Labute approximate surface area is 91.9 Å². The summed E-state index contributed by atoms with van der Waals surface area (Å²) in [6.45, 7) is 2.83. The number of nitrogens with zero attached hydrogens (tertiary/aromatic N) is 4. The highest BCUT2D eigenvalue weighted by Crippen LogP contribution is 2.14. The van der Waals surface area contributed by atoms with Gasteiger partial charge in [-0.05, 0) is 19.1 Å². The van der Waals surface area contributed by atoms with E-state index < -0.39 is 5.95 Å². The third kappa shape index (κ3) is 2.16. The lowest BCUT2D eigenvalue weighted by Gasteiger charge is -2.06. The highest BCUT2D eigenvalue weighted by Gasteiger charge is 2.06. The molecule has 0 fully saturated rings. The summed E-state index contributed by atoms with van der Waals surface area (Å²) in [4.78, 5) is 7.50. The number of hydrogen-bond donors (Lipinski definition) is 0. The fourth-order valence-corrected chi connectivity index (χ4v) is 1.29. The molecule has 2 rings (SSSR count). The van der Waals surface area contributed by atoms with Crippen molar-refractivity contribution in [1.82, 2.24) is 19.7 Å². The average Bonchev–Trinajstić information content (AvgIpc) is 2.75. The molecule has 0 saturated carbocycles. The topological polar surface area (TPSA) is 52.8 Å². The molecule has 0 radical (unpaired) electrons. The minimum absolute atomic E-state index is 0.119. The zero-order valence-electron chi connectivity index (χ0n) is 8.80. The molecule has 0 amide bonds. The minimum Gasteiger partial charge on any atom is -0.481 e. The van der Waals surface area contributed by atoms with Crippen molar-refractivity contribution in [2.24, 2.45) is 0 Å². The van der Waals surface area contributed by atoms with E-state index in [4.69, 9.17) is 4.74 Å². The molecule has 0 N–H and O–H groups in total. The van der Waals surface area contributed by atoms with Crippen LogP contribution in [0.15, 0.2) is 24.7 Å². The third-order valence-corrected chi connectivity index (χ3v) is 2.08. The Morgan fingerprint density at radius 3 is 3.06 bits per heavy atom. The normalized spacial score (nSPS) is 10.4. The predicted molar refractivity (Wildman–Crippen MR) is 54.2 cm³/mol. The van der Waals surface area contributed by atoms with Gasteiger partial charge in [-0.25, -0.2) is 14.6 Å². The maximum absolute atomic E-state index is 13.1. The molecule has 5 nitrogen and oxygen atoms in total. The maximum Gasteiger partial charge on any atom is 0.255 e. The van der Waals surface area contributed by atoms with Gasteiger partial charge in [-0.1, -0.05) is 0 Å². The zero-order valence-corrected chi connectivity index (χ0v) is 8.80. The van der Waals surface area contributed by atoms with Gasteiger partial charge in [-0.2, -0.15) is 9.49 Å². The Balaban J connectivity index is 2.05. The molecular formula is C10H11FN4O. The number of pyridine rings is 1. The van der Waals surface area contributed by atoms with E-state index in [2.05, 4.69) is 15.1 Å². The van der Waals surface area contributed by atoms with Crippen molar-refractivity contribution < 1.29 is 9.13 Å². The molecule has 6 heteroatoms. The quantitative estimate of drug-likeness (QED) is 0.734. The highest BCUT2D eigenvalue weighted by atomic mass is 19.1. The number of rotatable bonds is 4. The minimum atomic E-state index is -0.620. The van der Waals surface area contributed by atoms with E-state index in [1.54, 1.807) is 10.7 Å². The molecule has 0 aliphatic heterocycles. The summed E-state index contributed by atoms with van der Waals surface area (Å²) in [5, 5.41) is 3.99. The van der Waals surface area contributed by atoms with Crippen LogP contribution in [0.3, 0.4) is 0 Å². The van der Waals surface area contributed by atoms with Crippen LogP contribution in [0, 0.1) is 5.95 Å². The van der Waals surface area contributed by atoms with Crippen LogP contribution in [-0.2, 0) is 13.2 Å². The Bertz CT molecular complexity index is 471. The van der Waals surface area contributed by atoms with Gasteiger partial charge in [0, 0.05) is 12.7 Å². The van der Waals surface area contributed by atoms with Gasteiger partial charge in [-0.3, -0.25) is 0 Å². The van der Waals surface area contributed by atoms with Crippen LogP contribution in [0.5, 0.6) is 5.75 Å². The molecule has 0 atom stereocenters. The first kappa shape index (κ1) is 10.5. The molecule has 2 aromatic rings. The number of halogens is 1. The van der Waals surface area contributed by atoms with Crippen molar-refractivity contribution in [1.29, 1.82) is 0 Å². The second kappa shape index (κ2) is 4.69. The van der Waals surface area contributed by atoms with Crippen LogP contribution >= 0.6 is 0 Å². The lowest BCUT2D eigenvalue weighted by molar-refractivity contribution is 0.270. The number of aromatic nitrogens is 4. The largest absolute Gasteiger partial charge is 0.481 e. The summed E-state index contributed by atoms with van der Waals surface area (Å²) in [6.07, 6.45) is 2.82. The van der Waals surface area contributed by atoms with Gasteiger partial charge in [0.05, 0.1) is 0 Å². The molecule has 0 aliphatic carbocycles. The number of hydrogen-bond acceptors (Lipinski definition) is 4. The van der Waals surface area contributed by atoms with Crippen LogP contribution in [0.2, 0.25) is 0 Å². The molecule has 2 heterocycles. The van der Waals surface area contributed by atoms with Gasteiger partial charge in [0.25, 0.3) is 5.95 Å². The van der Waals surface area contributed by atoms with Crippen LogP contribution < -0.4 is 4.74 Å². The molecule has 0 unspecified atom stereocenters. The summed E-state index contributed by atoms with van der Waals surface area (Å²) in [6, 6.07) is 3.14. The summed E-state index contributed by atoms with van der Waals surface area (Å²) >= 11 is 0. The highest BCUT2D eigenvalue weighted by molar-refractivity contribution is 5.17. The van der Waals surface area contributed by atoms with Crippen LogP contribution in [0.1, 0.15) is 12.7 Å². The van der Waals surface area contributed by atoms with E-state index >= 15 is 0 Å². The van der Waals surface area contributed by atoms with Crippen molar-refractivity contribution in [2.75, 3.05) is 0 Å². The smallest absolute Gasteiger partial charge is 0.255 e. The standard InChI is InChI=1S/C10H11FN4O/c1-2-15-9(13-7-14-15)6-16-8-4-3-5-12-10(8)11/h3-5,7H,2,6H2,1H3. The lowest BCUT2D eigenvalue weighted by atomic mass is 10.4. The summed E-state index contributed by atoms with van der Waals surface area (Å²) in [7, 11) is 0. The van der Waals surface area contributed by atoms with Crippen molar-refractivity contribution >= 4 is 0 Å². The van der Waals surface area contributed by atoms with Gasteiger partial charge in [-0.15, -0.1) is 0 Å². The first-order valence-electron chi connectivity index (χ1n) is 4.91.